The van der Waals surface area contributed by atoms with Gasteiger partial charge in [-0.2, -0.15) is 0 Å². The average Bonchev–Trinajstić information content (AvgIpc) is 2.93. The van der Waals surface area contributed by atoms with E-state index in [0.29, 0.717) is 10.9 Å². The van der Waals surface area contributed by atoms with Crippen LogP contribution in [-0.4, -0.2) is 58.2 Å². The number of amides is 1. The molecule has 0 spiro atoms. The quantitative estimate of drug-likeness (QED) is 0.571. The number of rotatable bonds is 8. The van der Waals surface area contributed by atoms with Crippen LogP contribution in [0.1, 0.15) is 0 Å². The molecule has 0 unspecified atom stereocenters. The molecule has 2 rings (SSSR count). The number of ether oxygens (including phenoxy) is 1. The zero-order chi connectivity index (χ0) is 17.7. The Balaban J connectivity index is 2.19. The largest absolute Gasteiger partial charge is 0.480 e. The van der Waals surface area contributed by atoms with E-state index in [-0.39, 0.29) is 31.3 Å². The van der Waals surface area contributed by atoms with Gasteiger partial charge in [0.15, 0.2) is 0 Å². The number of carbonyl (C=O) groups is 2. The molecule has 0 aliphatic heterocycles. The zero-order valence-electron chi connectivity index (χ0n) is 13.0. The molecule has 0 radical (unpaired) electrons. The minimum atomic E-state index is -1.10. The van der Waals surface area contributed by atoms with E-state index in [1.165, 1.54) is 24.1 Å². The number of nitrogens with zero attached hydrogens (tertiary/aromatic N) is 3. The van der Waals surface area contributed by atoms with Crippen LogP contribution < -0.4 is 0 Å². The number of carboxylic acid groups (broad SMARTS) is 1. The van der Waals surface area contributed by atoms with Crippen LogP contribution in [0.25, 0.3) is 10.9 Å². The molecule has 1 amide bonds. The Morgan fingerprint density at radius 3 is 2.75 bits per heavy atom. The topological polar surface area (TPSA) is 115 Å². The number of non-ortho nitro benzene ring substituents is 1. The van der Waals surface area contributed by atoms with E-state index in [9.17, 15) is 19.7 Å². The number of aliphatic carboxylic acids is 1. The highest BCUT2D eigenvalue weighted by Crippen LogP contribution is 2.22. The molecular weight excluding hydrogens is 318 g/mol. The summed E-state index contributed by atoms with van der Waals surface area (Å²) in [6.45, 7) is -0.0604. The third kappa shape index (κ3) is 4.07. The molecule has 9 nitrogen and oxygen atoms in total. The first-order valence-corrected chi connectivity index (χ1v) is 7.14. The maximum Gasteiger partial charge on any atom is 0.323 e. The van der Waals surface area contributed by atoms with Gasteiger partial charge in [0.25, 0.3) is 5.69 Å². The summed E-state index contributed by atoms with van der Waals surface area (Å²) in [7, 11) is 1.47. The van der Waals surface area contributed by atoms with Gasteiger partial charge in [-0.3, -0.25) is 19.7 Å². The van der Waals surface area contributed by atoms with E-state index in [4.69, 9.17) is 9.84 Å². The van der Waals surface area contributed by atoms with Crippen molar-refractivity contribution < 1.29 is 24.4 Å². The molecule has 0 atom stereocenters. The molecule has 9 heteroatoms. The van der Waals surface area contributed by atoms with Crippen molar-refractivity contribution in [3.05, 3.63) is 40.6 Å². The Hall–Kier alpha value is -2.94. The van der Waals surface area contributed by atoms with E-state index in [0.717, 1.165) is 0 Å². The number of nitro benzene ring substituents is 1. The van der Waals surface area contributed by atoms with Crippen LogP contribution in [-0.2, 0) is 20.9 Å². The molecule has 0 aliphatic carbocycles. The molecule has 1 aromatic heterocycles. The van der Waals surface area contributed by atoms with Gasteiger partial charge in [-0.1, -0.05) is 0 Å². The van der Waals surface area contributed by atoms with Crippen molar-refractivity contribution in [3.8, 4) is 0 Å². The number of hydrogen-bond acceptors (Lipinski definition) is 5. The zero-order valence-corrected chi connectivity index (χ0v) is 13.0. The van der Waals surface area contributed by atoms with Crippen LogP contribution in [0.4, 0.5) is 5.69 Å². The number of fused-ring (bicyclic) bond motifs is 1. The van der Waals surface area contributed by atoms with Gasteiger partial charge >= 0.3 is 5.97 Å². The first kappa shape index (κ1) is 17.4. The summed E-state index contributed by atoms with van der Waals surface area (Å²) in [5.74, 6) is -1.47. The van der Waals surface area contributed by atoms with Crippen molar-refractivity contribution in [2.45, 2.75) is 6.54 Å². The maximum absolute atomic E-state index is 12.3. The Morgan fingerprint density at radius 2 is 2.12 bits per heavy atom. The van der Waals surface area contributed by atoms with Crippen molar-refractivity contribution in [1.29, 1.82) is 0 Å². The fraction of sp³-hybridized carbons (Fsp3) is 0.333. The fourth-order valence-corrected chi connectivity index (χ4v) is 2.34. The number of nitro groups is 1. The SMILES string of the molecule is COCCN(CC(=O)O)C(=O)Cn1ccc2cc([N+](=O)[O-])ccc21. The highest BCUT2D eigenvalue weighted by molar-refractivity contribution is 5.86. The third-order valence-electron chi connectivity index (χ3n) is 3.52. The molecule has 1 N–H and O–H groups in total. The van der Waals surface area contributed by atoms with Crippen molar-refractivity contribution in [1.82, 2.24) is 9.47 Å². The summed E-state index contributed by atoms with van der Waals surface area (Å²) in [6.07, 6.45) is 1.64. The second kappa shape index (κ2) is 7.55. The van der Waals surface area contributed by atoms with Gasteiger partial charge < -0.3 is 19.3 Å². The van der Waals surface area contributed by atoms with E-state index < -0.39 is 17.4 Å². The smallest absolute Gasteiger partial charge is 0.323 e. The van der Waals surface area contributed by atoms with Gasteiger partial charge in [0.1, 0.15) is 13.1 Å². The van der Waals surface area contributed by atoms with E-state index in [2.05, 4.69) is 0 Å². The van der Waals surface area contributed by atoms with Gasteiger partial charge in [-0.15, -0.1) is 0 Å². The van der Waals surface area contributed by atoms with Crippen molar-refractivity contribution >= 4 is 28.5 Å². The molecule has 0 fully saturated rings. The first-order chi connectivity index (χ1) is 11.4. The van der Waals surface area contributed by atoms with E-state index in [1.807, 2.05) is 0 Å². The monoisotopic (exact) mass is 335 g/mol. The molecule has 0 bridgehead atoms. The van der Waals surface area contributed by atoms with E-state index in [1.54, 1.807) is 22.9 Å². The number of carbonyl (C=O) groups excluding carboxylic acids is 1. The summed E-state index contributed by atoms with van der Waals surface area (Å²) >= 11 is 0. The Morgan fingerprint density at radius 1 is 1.38 bits per heavy atom. The Labute approximate surface area is 137 Å². The Kier molecular flexibility index (Phi) is 5.48. The minimum absolute atomic E-state index is 0.0285. The summed E-state index contributed by atoms with van der Waals surface area (Å²) in [5, 5.41) is 20.3. The number of carboxylic acids is 1. The van der Waals surface area contributed by atoms with E-state index >= 15 is 0 Å². The lowest BCUT2D eigenvalue weighted by atomic mass is 10.2. The lowest BCUT2D eigenvalue weighted by molar-refractivity contribution is -0.384. The normalized spacial score (nSPS) is 10.7. The molecule has 24 heavy (non-hydrogen) atoms. The van der Waals surface area contributed by atoms with Gasteiger partial charge in [-0.05, 0) is 12.1 Å². The molecule has 1 heterocycles. The molecular formula is C15H17N3O6. The van der Waals surface area contributed by atoms with Gasteiger partial charge in [0.05, 0.1) is 11.5 Å². The van der Waals surface area contributed by atoms with Gasteiger partial charge in [0.2, 0.25) is 5.91 Å². The minimum Gasteiger partial charge on any atom is -0.480 e. The average molecular weight is 335 g/mol. The van der Waals surface area contributed by atoms with Gasteiger partial charge in [-0.25, -0.2) is 0 Å². The van der Waals surface area contributed by atoms with Crippen LogP contribution in [0.2, 0.25) is 0 Å². The standard InChI is InChI=1S/C15H17N3O6/c1-24-7-6-17(10-15(20)21)14(19)9-16-5-4-11-8-12(18(22)23)2-3-13(11)16/h2-5,8H,6-7,9-10H2,1H3,(H,20,21). The van der Waals surface area contributed by atoms with Crippen LogP contribution in [0.15, 0.2) is 30.5 Å². The highest BCUT2D eigenvalue weighted by atomic mass is 16.6. The number of aromatic nitrogens is 1. The highest BCUT2D eigenvalue weighted by Gasteiger charge is 2.18. The summed E-state index contributed by atoms with van der Waals surface area (Å²) in [4.78, 5) is 34.7. The summed E-state index contributed by atoms with van der Waals surface area (Å²) in [5.41, 5.74) is 0.634. The second-order valence-corrected chi connectivity index (χ2v) is 5.15. The van der Waals surface area contributed by atoms with Crippen LogP contribution >= 0.6 is 0 Å². The van der Waals surface area contributed by atoms with Crippen LogP contribution in [0.5, 0.6) is 0 Å². The predicted molar refractivity (Wildman–Crippen MR) is 84.7 cm³/mol. The lowest BCUT2D eigenvalue weighted by Gasteiger charge is -2.20. The maximum atomic E-state index is 12.3. The summed E-state index contributed by atoms with van der Waals surface area (Å²) < 4.78 is 6.52. The predicted octanol–water partition coefficient (Wildman–Crippen LogP) is 1.11. The summed E-state index contributed by atoms with van der Waals surface area (Å²) in [6, 6.07) is 6.03. The van der Waals surface area contributed by atoms with Gasteiger partial charge in [0, 0.05) is 42.9 Å². The third-order valence-corrected chi connectivity index (χ3v) is 3.52. The fourth-order valence-electron chi connectivity index (χ4n) is 2.34. The molecule has 2 aromatic rings. The van der Waals surface area contributed by atoms with Crippen molar-refractivity contribution in [2.24, 2.45) is 0 Å². The second-order valence-electron chi connectivity index (χ2n) is 5.15. The van der Waals surface area contributed by atoms with Crippen LogP contribution in [0.3, 0.4) is 0 Å². The van der Waals surface area contributed by atoms with Crippen molar-refractivity contribution in [2.75, 3.05) is 26.8 Å². The molecule has 128 valence electrons. The van der Waals surface area contributed by atoms with Crippen molar-refractivity contribution in [3.63, 3.8) is 0 Å². The molecule has 1 aromatic carbocycles. The lowest BCUT2D eigenvalue weighted by Crippen LogP contribution is -2.39. The Bertz CT molecular complexity index is 770. The first-order valence-electron chi connectivity index (χ1n) is 7.14. The van der Waals surface area contributed by atoms with Crippen LogP contribution in [0, 0.1) is 10.1 Å². The number of benzene rings is 1. The molecule has 0 saturated carbocycles. The number of methoxy groups -OCH3 is 1. The molecule has 0 aliphatic rings. The molecule has 0 saturated heterocycles. The number of hydrogen-bond donors (Lipinski definition) is 1.